The average molecular weight is 328 g/mol. The van der Waals surface area contributed by atoms with Crippen molar-refractivity contribution in [2.24, 2.45) is 11.8 Å². The maximum atomic E-state index is 12.7. The van der Waals surface area contributed by atoms with Crippen molar-refractivity contribution in [1.29, 1.82) is 0 Å². The number of aromatic nitrogens is 3. The summed E-state index contributed by atoms with van der Waals surface area (Å²) in [6.45, 7) is 6.01. The van der Waals surface area contributed by atoms with Crippen LogP contribution in [-0.4, -0.2) is 38.8 Å². The van der Waals surface area contributed by atoms with Gasteiger partial charge in [0.2, 0.25) is 0 Å². The summed E-state index contributed by atoms with van der Waals surface area (Å²) in [6, 6.07) is 5.48. The summed E-state index contributed by atoms with van der Waals surface area (Å²) < 4.78 is 0. The number of likely N-dealkylation sites (tertiary alicyclic amines) is 1. The maximum absolute atomic E-state index is 12.7. The molecule has 0 radical (unpaired) electrons. The second-order valence-electron chi connectivity index (χ2n) is 6.17. The smallest absolute Gasteiger partial charge is 0.272 e. The van der Waals surface area contributed by atoms with Gasteiger partial charge >= 0.3 is 0 Å². The zero-order valence-corrected chi connectivity index (χ0v) is 14.2. The first-order valence-corrected chi connectivity index (χ1v) is 8.63. The number of amides is 1. The summed E-state index contributed by atoms with van der Waals surface area (Å²) in [5, 5.41) is 0.664. The first kappa shape index (κ1) is 15.9. The molecule has 6 heteroatoms. The maximum Gasteiger partial charge on any atom is 0.272 e. The number of pyridine rings is 1. The molecule has 1 amide bonds. The van der Waals surface area contributed by atoms with Crippen LogP contribution in [0.5, 0.6) is 0 Å². The molecule has 5 nitrogen and oxygen atoms in total. The van der Waals surface area contributed by atoms with E-state index in [0.29, 0.717) is 22.7 Å². The molecule has 1 aliphatic rings. The SMILES string of the molecule is C[C@@H]1C[C@@H](C)CN(C(=O)c2cc(Sc3ncccn3)ccn2)C1. The Kier molecular flexibility index (Phi) is 4.91. The van der Waals surface area contributed by atoms with Gasteiger partial charge in [-0.3, -0.25) is 9.78 Å². The van der Waals surface area contributed by atoms with E-state index >= 15 is 0 Å². The molecule has 2 aromatic heterocycles. The van der Waals surface area contributed by atoms with Crippen LogP contribution in [0, 0.1) is 11.8 Å². The highest BCUT2D eigenvalue weighted by atomic mass is 32.2. The molecule has 23 heavy (non-hydrogen) atoms. The van der Waals surface area contributed by atoms with Crippen molar-refractivity contribution in [3.63, 3.8) is 0 Å². The third-order valence-corrected chi connectivity index (χ3v) is 4.74. The molecule has 0 aliphatic carbocycles. The molecule has 120 valence electrons. The van der Waals surface area contributed by atoms with Crippen molar-refractivity contribution in [3.8, 4) is 0 Å². The predicted octanol–water partition coefficient (Wildman–Crippen LogP) is 3.14. The summed E-state index contributed by atoms with van der Waals surface area (Å²) in [5.74, 6) is 1.09. The van der Waals surface area contributed by atoms with Crippen LogP contribution in [0.15, 0.2) is 46.8 Å². The molecule has 0 spiro atoms. The highest BCUT2D eigenvalue weighted by Gasteiger charge is 2.26. The van der Waals surface area contributed by atoms with Crippen LogP contribution in [0.1, 0.15) is 30.8 Å². The molecule has 2 aromatic rings. The number of hydrogen-bond donors (Lipinski definition) is 0. The van der Waals surface area contributed by atoms with Crippen LogP contribution in [-0.2, 0) is 0 Å². The summed E-state index contributed by atoms with van der Waals surface area (Å²) in [7, 11) is 0. The Morgan fingerprint density at radius 2 is 1.83 bits per heavy atom. The van der Waals surface area contributed by atoms with Gasteiger partial charge in [0.05, 0.1) is 0 Å². The van der Waals surface area contributed by atoms with Crippen molar-refractivity contribution in [1.82, 2.24) is 19.9 Å². The molecular weight excluding hydrogens is 308 g/mol. The van der Waals surface area contributed by atoms with Crippen molar-refractivity contribution >= 4 is 17.7 Å². The van der Waals surface area contributed by atoms with Crippen LogP contribution in [0.25, 0.3) is 0 Å². The quantitative estimate of drug-likeness (QED) is 0.810. The largest absolute Gasteiger partial charge is 0.337 e. The lowest BCUT2D eigenvalue weighted by Crippen LogP contribution is -2.42. The molecule has 0 saturated carbocycles. The first-order valence-electron chi connectivity index (χ1n) is 7.82. The number of rotatable bonds is 3. The highest BCUT2D eigenvalue weighted by Crippen LogP contribution is 2.26. The van der Waals surface area contributed by atoms with E-state index in [9.17, 15) is 4.79 Å². The van der Waals surface area contributed by atoms with E-state index in [1.165, 1.54) is 18.2 Å². The number of nitrogens with zero attached hydrogens (tertiary/aromatic N) is 4. The van der Waals surface area contributed by atoms with E-state index in [2.05, 4.69) is 28.8 Å². The van der Waals surface area contributed by atoms with Crippen LogP contribution in [0.4, 0.5) is 0 Å². The molecule has 1 aliphatic heterocycles. The minimum Gasteiger partial charge on any atom is -0.337 e. The fourth-order valence-corrected chi connectivity index (χ4v) is 3.76. The van der Waals surface area contributed by atoms with Gasteiger partial charge in [-0.1, -0.05) is 13.8 Å². The zero-order valence-electron chi connectivity index (χ0n) is 13.3. The Balaban J connectivity index is 1.75. The number of hydrogen-bond acceptors (Lipinski definition) is 5. The van der Waals surface area contributed by atoms with Crippen LogP contribution < -0.4 is 0 Å². The lowest BCUT2D eigenvalue weighted by molar-refractivity contribution is 0.0617. The topological polar surface area (TPSA) is 59.0 Å². The molecule has 0 aromatic carbocycles. The van der Waals surface area contributed by atoms with Crippen molar-refractivity contribution < 1.29 is 4.79 Å². The first-order chi connectivity index (χ1) is 11.1. The Morgan fingerprint density at radius 3 is 2.52 bits per heavy atom. The summed E-state index contributed by atoms with van der Waals surface area (Å²) in [5.41, 5.74) is 0.493. The second kappa shape index (κ2) is 7.08. The minimum atomic E-state index is 0.0137. The fraction of sp³-hybridized carbons (Fsp3) is 0.412. The van der Waals surface area contributed by atoms with Gasteiger partial charge in [0.1, 0.15) is 5.69 Å². The van der Waals surface area contributed by atoms with E-state index in [4.69, 9.17) is 0 Å². The zero-order chi connectivity index (χ0) is 16.2. The lowest BCUT2D eigenvalue weighted by atomic mass is 9.92. The average Bonchev–Trinajstić information content (AvgIpc) is 2.54. The minimum absolute atomic E-state index is 0.0137. The van der Waals surface area contributed by atoms with Gasteiger partial charge in [-0.2, -0.15) is 0 Å². The molecule has 1 saturated heterocycles. The standard InChI is InChI=1S/C17H20N4OS/c1-12-8-13(2)11-21(10-12)16(22)15-9-14(4-7-18-15)23-17-19-5-3-6-20-17/h3-7,9,12-13H,8,10-11H2,1-2H3/t12-,13-/m1/s1. The molecule has 0 bridgehead atoms. The van der Waals surface area contributed by atoms with Crippen LogP contribution in [0.2, 0.25) is 0 Å². The van der Waals surface area contributed by atoms with Gasteiger partial charge in [-0.05, 0) is 48.2 Å². The van der Waals surface area contributed by atoms with E-state index in [1.807, 2.05) is 17.0 Å². The third-order valence-electron chi connectivity index (χ3n) is 3.86. The summed E-state index contributed by atoms with van der Waals surface area (Å²) in [6.07, 6.45) is 6.27. The van der Waals surface area contributed by atoms with E-state index in [1.54, 1.807) is 24.7 Å². The summed E-state index contributed by atoms with van der Waals surface area (Å²) >= 11 is 1.43. The molecule has 2 atom stereocenters. The predicted molar refractivity (Wildman–Crippen MR) is 89.2 cm³/mol. The van der Waals surface area contributed by atoms with Crippen LogP contribution >= 0.6 is 11.8 Å². The van der Waals surface area contributed by atoms with Gasteiger partial charge in [-0.15, -0.1) is 0 Å². The van der Waals surface area contributed by atoms with Crippen molar-refractivity contribution in [2.75, 3.05) is 13.1 Å². The molecular formula is C17H20N4OS. The Bertz CT molecular complexity index is 669. The van der Waals surface area contributed by atoms with Gasteiger partial charge < -0.3 is 4.90 Å². The normalized spacial score (nSPS) is 21.2. The monoisotopic (exact) mass is 328 g/mol. The molecule has 3 heterocycles. The van der Waals surface area contributed by atoms with E-state index in [0.717, 1.165) is 18.0 Å². The van der Waals surface area contributed by atoms with Gasteiger partial charge in [-0.25, -0.2) is 9.97 Å². The number of carbonyl (C=O) groups is 1. The summed E-state index contributed by atoms with van der Waals surface area (Å²) in [4.78, 5) is 28.2. The molecule has 3 rings (SSSR count). The van der Waals surface area contributed by atoms with Crippen molar-refractivity contribution in [3.05, 3.63) is 42.5 Å². The van der Waals surface area contributed by atoms with E-state index in [-0.39, 0.29) is 5.91 Å². The highest BCUT2D eigenvalue weighted by molar-refractivity contribution is 7.99. The Morgan fingerprint density at radius 1 is 1.13 bits per heavy atom. The lowest BCUT2D eigenvalue weighted by Gasteiger charge is -2.34. The second-order valence-corrected chi connectivity index (χ2v) is 7.21. The molecule has 1 fully saturated rings. The van der Waals surface area contributed by atoms with Gasteiger partial charge in [0.25, 0.3) is 5.91 Å². The Labute approximate surface area is 140 Å². The molecule has 0 unspecified atom stereocenters. The molecule has 0 N–H and O–H groups in total. The third kappa shape index (κ3) is 4.07. The fourth-order valence-electron chi connectivity index (χ4n) is 3.03. The number of piperidine rings is 1. The van der Waals surface area contributed by atoms with E-state index < -0.39 is 0 Å². The van der Waals surface area contributed by atoms with Gasteiger partial charge in [0.15, 0.2) is 5.16 Å². The Hall–Kier alpha value is -1.95. The number of carbonyl (C=O) groups excluding carboxylic acids is 1. The van der Waals surface area contributed by atoms with Crippen molar-refractivity contribution in [2.45, 2.75) is 30.3 Å². The van der Waals surface area contributed by atoms with Crippen LogP contribution in [0.3, 0.4) is 0 Å². The van der Waals surface area contributed by atoms with Gasteiger partial charge in [0, 0.05) is 36.6 Å².